The van der Waals surface area contributed by atoms with Crippen LogP contribution in [0.4, 0.5) is 0 Å². The molecule has 0 radical (unpaired) electrons. The van der Waals surface area contributed by atoms with Crippen molar-refractivity contribution in [2.45, 2.75) is 59.8 Å². The van der Waals surface area contributed by atoms with Gasteiger partial charge in [-0.1, -0.05) is 44.6 Å². The molecule has 154 valence electrons. The molecular weight excluding hydrogens is 332 g/mol. The topological polar surface area (TPSA) is 40.0 Å². The van der Waals surface area contributed by atoms with E-state index in [4.69, 9.17) is 0 Å². The average molecular weight is 375 g/mol. The standard InChI is InChI=1S/C21H38N4.C2H4/c1-7-10-13-19(8-2)21(14-15-21)20(24-22-5)25(6)17-18(4)12-11-16-23-9-3;1-2/h7,10,13,18,23H,5,8-9,11-12,14-17H2,1-4,6H3;1-2H2/b10-7-,19-13+,24-20-;. The van der Waals surface area contributed by atoms with Gasteiger partial charge >= 0.3 is 0 Å². The van der Waals surface area contributed by atoms with Gasteiger partial charge in [0, 0.05) is 20.3 Å². The third-order valence-corrected chi connectivity index (χ3v) is 5.08. The summed E-state index contributed by atoms with van der Waals surface area (Å²) in [5, 5.41) is 11.8. The molecule has 4 nitrogen and oxygen atoms in total. The SMILES string of the molecule is C=C.C=N/N=C(\N(C)CC(C)CCCNCC)C1(/C(=C/C=C\C)CC)CC1. The number of rotatable bonds is 12. The van der Waals surface area contributed by atoms with Crippen LogP contribution in [0, 0.1) is 11.3 Å². The molecule has 0 aliphatic heterocycles. The molecule has 1 fully saturated rings. The lowest BCUT2D eigenvalue weighted by Gasteiger charge is -2.30. The van der Waals surface area contributed by atoms with Crippen LogP contribution in [0.25, 0.3) is 0 Å². The molecule has 1 unspecified atom stereocenters. The Morgan fingerprint density at radius 3 is 2.44 bits per heavy atom. The highest BCUT2D eigenvalue weighted by molar-refractivity contribution is 5.93. The van der Waals surface area contributed by atoms with Crippen LogP contribution in [0.2, 0.25) is 0 Å². The minimum absolute atomic E-state index is 0.0771. The summed E-state index contributed by atoms with van der Waals surface area (Å²) in [6.45, 7) is 21.6. The molecule has 1 N–H and O–H groups in total. The predicted octanol–water partition coefficient (Wildman–Crippen LogP) is 5.45. The number of hydrogen-bond acceptors (Lipinski definition) is 3. The van der Waals surface area contributed by atoms with Gasteiger partial charge in [-0.3, -0.25) is 0 Å². The van der Waals surface area contributed by atoms with E-state index in [0.717, 1.165) is 44.7 Å². The highest BCUT2D eigenvalue weighted by Gasteiger charge is 2.51. The van der Waals surface area contributed by atoms with Crippen LogP contribution in [-0.2, 0) is 0 Å². The highest BCUT2D eigenvalue weighted by atomic mass is 15.3. The van der Waals surface area contributed by atoms with E-state index in [1.165, 1.54) is 18.4 Å². The normalized spacial score (nSPS) is 17.2. The lowest BCUT2D eigenvalue weighted by molar-refractivity contribution is 0.363. The second-order valence-corrected chi connectivity index (χ2v) is 7.20. The molecule has 1 atom stereocenters. The van der Waals surface area contributed by atoms with Crippen molar-refractivity contribution in [1.29, 1.82) is 0 Å². The van der Waals surface area contributed by atoms with Crippen LogP contribution in [0.15, 0.2) is 47.2 Å². The van der Waals surface area contributed by atoms with Crippen LogP contribution in [-0.4, -0.2) is 44.1 Å². The van der Waals surface area contributed by atoms with Crippen molar-refractivity contribution in [1.82, 2.24) is 10.2 Å². The molecule has 1 aliphatic rings. The third-order valence-electron chi connectivity index (χ3n) is 5.08. The van der Waals surface area contributed by atoms with E-state index in [1.54, 1.807) is 0 Å². The lowest BCUT2D eigenvalue weighted by atomic mass is 9.90. The lowest BCUT2D eigenvalue weighted by Crippen LogP contribution is -2.38. The molecule has 1 rings (SSSR count). The molecule has 0 heterocycles. The quantitative estimate of drug-likeness (QED) is 0.123. The van der Waals surface area contributed by atoms with Crippen LogP contribution in [0.5, 0.6) is 0 Å². The molecule has 0 aromatic heterocycles. The zero-order valence-corrected chi connectivity index (χ0v) is 18.4. The monoisotopic (exact) mass is 374 g/mol. The zero-order valence-electron chi connectivity index (χ0n) is 18.4. The second-order valence-electron chi connectivity index (χ2n) is 7.20. The Hall–Kier alpha value is -1.68. The van der Waals surface area contributed by atoms with E-state index in [2.05, 4.69) is 93.3 Å². The molecule has 4 heteroatoms. The molecule has 1 saturated carbocycles. The fourth-order valence-corrected chi connectivity index (χ4v) is 3.64. The first-order valence-electron chi connectivity index (χ1n) is 10.3. The maximum Gasteiger partial charge on any atom is 0.137 e. The van der Waals surface area contributed by atoms with Gasteiger partial charge in [0.25, 0.3) is 0 Å². The zero-order chi connectivity index (χ0) is 20.7. The maximum absolute atomic E-state index is 4.48. The van der Waals surface area contributed by atoms with Crippen molar-refractivity contribution in [3.8, 4) is 0 Å². The Morgan fingerprint density at radius 2 is 1.96 bits per heavy atom. The minimum Gasteiger partial charge on any atom is -0.361 e. The molecule has 0 saturated heterocycles. The fourth-order valence-electron chi connectivity index (χ4n) is 3.64. The number of amidine groups is 1. The summed E-state index contributed by atoms with van der Waals surface area (Å²) >= 11 is 0. The Bertz CT molecular complexity index is 501. The first-order chi connectivity index (χ1) is 13.1. The highest BCUT2D eigenvalue weighted by Crippen LogP contribution is 2.54. The first kappa shape index (κ1) is 25.3. The third kappa shape index (κ3) is 8.25. The maximum atomic E-state index is 4.48. The largest absolute Gasteiger partial charge is 0.361 e. The molecule has 1 aliphatic carbocycles. The summed E-state index contributed by atoms with van der Waals surface area (Å²) in [5.74, 6) is 1.73. The number of allylic oxidation sites excluding steroid dienone is 3. The van der Waals surface area contributed by atoms with Gasteiger partial charge in [-0.2, -0.15) is 5.10 Å². The predicted molar refractivity (Wildman–Crippen MR) is 123 cm³/mol. The summed E-state index contributed by atoms with van der Waals surface area (Å²) in [6, 6.07) is 0. The Labute approximate surface area is 168 Å². The van der Waals surface area contributed by atoms with Crippen molar-refractivity contribution < 1.29 is 0 Å². The Morgan fingerprint density at radius 1 is 1.30 bits per heavy atom. The molecule has 27 heavy (non-hydrogen) atoms. The molecule has 0 amide bonds. The van der Waals surface area contributed by atoms with Crippen LogP contribution in [0.3, 0.4) is 0 Å². The van der Waals surface area contributed by atoms with Crippen LogP contribution >= 0.6 is 0 Å². The van der Waals surface area contributed by atoms with Crippen molar-refractivity contribution in [2.24, 2.45) is 21.5 Å². The van der Waals surface area contributed by atoms with E-state index >= 15 is 0 Å². The number of nitrogens with one attached hydrogen (secondary N) is 1. The summed E-state index contributed by atoms with van der Waals surface area (Å²) < 4.78 is 0. The van der Waals surface area contributed by atoms with Crippen molar-refractivity contribution in [2.75, 3.05) is 26.7 Å². The van der Waals surface area contributed by atoms with Gasteiger partial charge in [-0.05, 0) is 58.0 Å². The summed E-state index contributed by atoms with van der Waals surface area (Å²) in [4.78, 5) is 2.32. The number of nitrogens with zero attached hydrogens (tertiary/aromatic N) is 3. The molecule has 0 aromatic carbocycles. The van der Waals surface area contributed by atoms with Gasteiger partial charge in [-0.25, -0.2) is 0 Å². The van der Waals surface area contributed by atoms with Gasteiger partial charge < -0.3 is 10.2 Å². The van der Waals surface area contributed by atoms with Gasteiger partial charge in [0.15, 0.2) is 0 Å². The average Bonchev–Trinajstić information content (AvgIpc) is 3.47. The van der Waals surface area contributed by atoms with Crippen molar-refractivity contribution in [3.63, 3.8) is 0 Å². The first-order valence-corrected chi connectivity index (χ1v) is 10.3. The Balaban J connectivity index is 0.00000326. The van der Waals surface area contributed by atoms with Crippen molar-refractivity contribution >= 4 is 12.6 Å². The van der Waals surface area contributed by atoms with Gasteiger partial charge in [0.1, 0.15) is 5.84 Å². The minimum atomic E-state index is 0.0771. The number of hydrogen-bond donors (Lipinski definition) is 1. The smallest absolute Gasteiger partial charge is 0.137 e. The van der Waals surface area contributed by atoms with E-state index in [0.29, 0.717) is 5.92 Å². The molecule has 0 aromatic rings. The fraction of sp³-hybridized carbons (Fsp3) is 0.652. The second kappa shape index (κ2) is 14.4. The molecular formula is C23H42N4. The van der Waals surface area contributed by atoms with Gasteiger partial charge in [0.05, 0.1) is 5.41 Å². The molecule has 0 spiro atoms. The van der Waals surface area contributed by atoms with E-state index in [-0.39, 0.29) is 5.41 Å². The summed E-state index contributed by atoms with van der Waals surface area (Å²) in [7, 11) is 2.16. The summed E-state index contributed by atoms with van der Waals surface area (Å²) in [5.41, 5.74) is 1.54. The van der Waals surface area contributed by atoms with E-state index in [9.17, 15) is 0 Å². The molecule has 0 bridgehead atoms. The van der Waals surface area contributed by atoms with Crippen LogP contribution in [0.1, 0.15) is 59.8 Å². The van der Waals surface area contributed by atoms with Gasteiger partial charge in [0.2, 0.25) is 0 Å². The van der Waals surface area contributed by atoms with E-state index in [1.807, 2.05) is 0 Å². The van der Waals surface area contributed by atoms with Gasteiger partial charge in [-0.15, -0.1) is 18.3 Å². The van der Waals surface area contributed by atoms with E-state index < -0.39 is 0 Å². The Kier molecular flexibility index (Phi) is 13.5. The summed E-state index contributed by atoms with van der Waals surface area (Å²) in [6.07, 6.45) is 12.3. The van der Waals surface area contributed by atoms with Crippen molar-refractivity contribution in [3.05, 3.63) is 37.0 Å². The van der Waals surface area contributed by atoms with Crippen LogP contribution < -0.4 is 5.32 Å².